The van der Waals surface area contributed by atoms with Crippen LogP contribution in [0.2, 0.25) is 0 Å². The number of hydrogen-bond acceptors (Lipinski definition) is 4. The zero-order valence-electron chi connectivity index (χ0n) is 11.1. The van der Waals surface area contributed by atoms with Crippen LogP contribution in [-0.4, -0.2) is 33.8 Å². The van der Waals surface area contributed by atoms with Crippen molar-refractivity contribution in [2.75, 3.05) is 13.6 Å². The van der Waals surface area contributed by atoms with E-state index < -0.39 is 0 Å². The van der Waals surface area contributed by atoms with Gasteiger partial charge in [-0.25, -0.2) is 0 Å². The van der Waals surface area contributed by atoms with Crippen LogP contribution in [0.15, 0.2) is 24.3 Å². The normalized spacial score (nSPS) is 12.6. The first-order valence-electron chi connectivity index (χ1n) is 6.13. The summed E-state index contributed by atoms with van der Waals surface area (Å²) in [6, 6.07) is 8.63. The summed E-state index contributed by atoms with van der Waals surface area (Å²) in [6.07, 6.45) is 0.803. The second-order valence-corrected chi connectivity index (χ2v) is 4.56. The molecular formula is C13H19N5. The van der Waals surface area contributed by atoms with Crippen LogP contribution in [0.25, 0.3) is 0 Å². The van der Waals surface area contributed by atoms with E-state index >= 15 is 0 Å². The lowest BCUT2D eigenvalue weighted by atomic mass is 9.94. The Labute approximate surface area is 107 Å². The van der Waals surface area contributed by atoms with Crippen LogP contribution >= 0.6 is 0 Å². The first-order valence-corrected chi connectivity index (χ1v) is 6.13. The fourth-order valence-corrected chi connectivity index (χ4v) is 2.02. The lowest BCUT2D eigenvalue weighted by Gasteiger charge is -2.15. The van der Waals surface area contributed by atoms with Crippen molar-refractivity contribution in [1.82, 2.24) is 25.5 Å². The van der Waals surface area contributed by atoms with Crippen molar-refractivity contribution in [3.8, 4) is 0 Å². The molecule has 1 aromatic carbocycles. The first-order chi connectivity index (χ1) is 8.69. The van der Waals surface area contributed by atoms with Gasteiger partial charge >= 0.3 is 0 Å². The molecule has 2 rings (SSSR count). The molecule has 0 radical (unpaired) electrons. The minimum atomic E-state index is 0.375. The Balaban J connectivity index is 2.14. The number of aryl methyl sites for hydroxylation is 2. The fraction of sp³-hybridized carbons (Fsp3) is 0.462. The lowest BCUT2D eigenvalue weighted by molar-refractivity contribution is 0.599. The Bertz CT molecular complexity index is 488. The molecule has 0 saturated carbocycles. The van der Waals surface area contributed by atoms with Gasteiger partial charge in [0.1, 0.15) is 0 Å². The number of rotatable bonds is 5. The summed E-state index contributed by atoms with van der Waals surface area (Å²) in [5.74, 6) is 1.16. The van der Waals surface area contributed by atoms with Crippen LogP contribution in [0.5, 0.6) is 0 Å². The highest BCUT2D eigenvalue weighted by atomic mass is 15.6. The van der Waals surface area contributed by atoms with Crippen LogP contribution < -0.4 is 5.32 Å². The smallest absolute Gasteiger partial charge is 0.175 e. The monoisotopic (exact) mass is 245 g/mol. The van der Waals surface area contributed by atoms with E-state index in [1.807, 2.05) is 7.05 Å². The molecule has 96 valence electrons. The van der Waals surface area contributed by atoms with Crippen molar-refractivity contribution < 1.29 is 0 Å². The highest BCUT2D eigenvalue weighted by Gasteiger charge is 2.14. The second kappa shape index (κ2) is 5.73. The third kappa shape index (κ3) is 3.13. The minimum absolute atomic E-state index is 0.375. The number of aromatic nitrogens is 4. The molecular weight excluding hydrogens is 226 g/mol. The van der Waals surface area contributed by atoms with E-state index in [0.717, 1.165) is 18.8 Å². The first kappa shape index (κ1) is 12.7. The third-order valence-electron chi connectivity index (χ3n) is 2.98. The summed E-state index contributed by atoms with van der Waals surface area (Å²) < 4.78 is 0. The molecule has 0 amide bonds. The third-order valence-corrected chi connectivity index (χ3v) is 2.98. The van der Waals surface area contributed by atoms with Crippen LogP contribution in [0.1, 0.15) is 22.9 Å². The molecule has 0 aliphatic carbocycles. The topological polar surface area (TPSA) is 55.6 Å². The molecule has 0 spiro atoms. The van der Waals surface area contributed by atoms with Crippen molar-refractivity contribution in [2.24, 2.45) is 7.05 Å². The summed E-state index contributed by atoms with van der Waals surface area (Å²) in [7, 11) is 3.75. The van der Waals surface area contributed by atoms with Gasteiger partial charge in [0.15, 0.2) is 5.82 Å². The molecule has 1 atom stereocenters. The summed E-state index contributed by atoms with van der Waals surface area (Å²) in [5, 5.41) is 15.4. The van der Waals surface area contributed by atoms with E-state index in [2.05, 4.69) is 51.9 Å². The van der Waals surface area contributed by atoms with E-state index in [0.29, 0.717) is 5.92 Å². The predicted octanol–water partition coefficient (Wildman–Crippen LogP) is 1.06. The molecule has 0 aliphatic heterocycles. The van der Waals surface area contributed by atoms with Gasteiger partial charge in [0.05, 0.1) is 7.05 Å². The highest BCUT2D eigenvalue weighted by Crippen LogP contribution is 2.19. The zero-order valence-corrected chi connectivity index (χ0v) is 11.1. The number of tetrazole rings is 1. The minimum Gasteiger partial charge on any atom is -0.319 e. The molecule has 1 aromatic heterocycles. The lowest BCUT2D eigenvalue weighted by Crippen LogP contribution is -2.19. The van der Waals surface area contributed by atoms with E-state index in [1.54, 1.807) is 7.05 Å². The molecule has 0 fully saturated rings. The summed E-state index contributed by atoms with van der Waals surface area (Å²) >= 11 is 0. The average Bonchev–Trinajstić information content (AvgIpc) is 2.75. The van der Waals surface area contributed by atoms with Crippen molar-refractivity contribution in [3.63, 3.8) is 0 Å². The largest absolute Gasteiger partial charge is 0.319 e. The number of nitrogens with zero attached hydrogens (tertiary/aromatic N) is 4. The van der Waals surface area contributed by atoms with Gasteiger partial charge in [-0.3, -0.25) is 0 Å². The summed E-state index contributed by atoms with van der Waals surface area (Å²) in [6.45, 7) is 3.00. The second-order valence-electron chi connectivity index (χ2n) is 4.56. The van der Waals surface area contributed by atoms with Crippen molar-refractivity contribution >= 4 is 0 Å². The predicted molar refractivity (Wildman–Crippen MR) is 70.3 cm³/mol. The van der Waals surface area contributed by atoms with Crippen molar-refractivity contribution in [1.29, 1.82) is 0 Å². The van der Waals surface area contributed by atoms with Gasteiger partial charge in [0, 0.05) is 18.9 Å². The molecule has 0 aliphatic rings. The fourth-order valence-electron chi connectivity index (χ4n) is 2.02. The van der Waals surface area contributed by atoms with Gasteiger partial charge in [0.2, 0.25) is 0 Å². The molecule has 18 heavy (non-hydrogen) atoms. The van der Waals surface area contributed by atoms with E-state index in [9.17, 15) is 0 Å². The van der Waals surface area contributed by atoms with Crippen LogP contribution in [-0.2, 0) is 13.5 Å². The molecule has 1 N–H and O–H groups in total. The number of benzene rings is 1. The van der Waals surface area contributed by atoms with E-state index in [4.69, 9.17) is 0 Å². The van der Waals surface area contributed by atoms with Gasteiger partial charge < -0.3 is 5.32 Å². The Morgan fingerprint density at radius 1 is 1.28 bits per heavy atom. The van der Waals surface area contributed by atoms with Crippen LogP contribution in [0.3, 0.4) is 0 Å². The molecule has 2 aromatic rings. The summed E-state index contributed by atoms with van der Waals surface area (Å²) in [4.78, 5) is 1.50. The van der Waals surface area contributed by atoms with Crippen molar-refractivity contribution in [3.05, 3.63) is 41.2 Å². The van der Waals surface area contributed by atoms with Gasteiger partial charge in [-0.05, 0) is 24.7 Å². The molecule has 1 heterocycles. The van der Waals surface area contributed by atoms with Gasteiger partial charge in [-0.15, -0.1) is 10.2 Å². The Kier molecular flexibility index (Phi) is 4.04. The van der Waals surface area contributed by atoms with Crippen molar-refractivity contribution in [2.45, 2.75) is 19.3 Å². The average molecular weight is 245 g/mol. The van der Waals surface area contributed by atoms with Crippen LogP contribution in [0, 0.1) is 6.92 Å². The van der Waals surface area contributed by atoms with Gasteiger partial charge in [-0.2, -0.15) is 4.80 Å². The standard InChI is InChI=1S/C13H19N5/c1-10-4-6-11(7-5-10)12(9-14-2)8-13-15-17-18(3)16-13/h4-7,12,14H,8-9H2,1-3H3. The highest BCUT2D eigenvalue weighted by molar-refractivity contribution is 5.25. The van der Waals surface area contributed by atoms with E-state index in [-0.39, 0.29) is 0 Å². The SMILES string of the molecule is CNCC(Cc1nnn(C)n1)c1ccc(C)cc1. The maximum absolute atomic E-state index is 4.24. The molecule has 5 heteroatoms. The number of likely N-dealkylation sites (N-methyl/N-ethyl adjacent to an activating group) is 1. The number of nitrogens with one attached hydrogen (secondary N) is 1. The maximum Gasteiger partial charge on any atom is 0.175 e. The van der Waals surface area contributed by atoms with Crippen LogP contribution in [0.4, 0.5) is 0 Å². The zero-order chi connectivity index (χ0) is 13.0. The maximum atomic E-state index is 4.24. The molecule has 5 nitrogen and oxygen atoms in total. The number of hydrogen-bond donors (Lipinski definition) is 1. The van der Waals surface area contributed by atoms with E-state index in [1.165, 1.54) is 15.9 Å². The van der Waals surface area contributed by atoms with Gasteiger partial charge in [0.25, 0.3) is 0 Å². The van der Waals surface area contributed by atoms with Gasteiger partial charge in [-0.1, -0.05) is 29.8 Å². The summed E-state index contributed by atoms with van der Waals surface area (Å²) in [5.41, 5.74) is 2.59. The Morgan fingerprint density at radius 3 is 2.56 bits per heavy atom. The molecule has 0 bridgehead atoms. The molecule has 0 saturated heterocycles. The Morgan fingerprint density at radius 2 is 2.00 bits per heavy atom. The quantitative estimate of drug-likeness (QED) is 0.856. The Hall–Kier alpha value is -1.75. The molecule has 1 unspecified atom stereocenters.